The number of carbonyl (C=O) groups excluding carboxylic acids is 1. The van der Waals surface area contributed by atoms with E-state index in [4.69, 9.17) is 5.73 Å². The highest BCUT2D eigenvalue weighted by molar-refractivity contribution is 5.86. The molecule has 3 nitrogen and oxygen atoms in total. The van der Waals surface area contributed by atoms with Crippen molar-refractivity contribution in [3.8, 4) is 0 Å². The monoisotopic (exact) mass is 274 g/mol. The number of hydrogen-bond acceptors (Lipinski definition) is 2. The van der Waals surface area contributed by atoms with E-state index < -0.39 is 5.54 Å². The van der Waals surface area contributed by atoms with Crippen molar-refractivity contribution in [2.75, 3.05) is 0 Å². The minimum absolute atomic E-state index is 0.0137. The highest BCUT2D eigenvalue weighted by atomic mass is 16.2. The summed E-state index contributed by atoms with van der Waals surface area (Å²) < 4.78 is 0. The van der Waals surface area contributed by atoms with Gasteiger partial charge in [0.1, 0.15) is 0 Å². The molecule has 0 radical (unpaired) electrons. The molecule has 0 spiro atoms. The Balaban J connectivity index is 2.06. The molecule has 1 amide bonds. The van der Waals surface area contributed by atoms with Crippen LogP contribution in [-0.2, 0) is 4.79 Å². The molecule has 1 aliphatic rings. The van der Waals surface area contributed by atoms with Gasteiger partial charge in [0.25, 0.3) is 0 Å². The largest absolute Gasteiger partial charge is 0.348 e. The van der Waals surface area contributed by atoms with Crippen molar-refractivity contribution in [3.63, 3.8) is 0 Å². The van der Waals surface area contributed by atoms with E-state index in [0.29, 0.717) is 5.92 Å². The molecule has 3 heteroatoms. The van der Waals surface area contributed by atoms with Crippen LogP contribution >= 0.6 is 0 Å². The summed E-state index contributed by atoms with van der Waals surface area (Å²) >= 11 is 0. The van der Waals surface area contributed by atoms with E-state index in [9.17, 15) is 4.79 Å². The maximum absolute atomic E-state index is 12.6. The van der Waals surface area contributed by atoms with Crippen molar-refractivity contribution in [2.24, 2.45) is 11.7 Å². The maximum atomic E-state index is 12.6. The van der Waals surface area contributed by atoms with Crippen LogP contribution in [0.3, 0.4) is 0 Å². The zero-order chi connectivity index (χ0) is 14.6. The third kappa shape index (κ3) is 3.40. The zero-order valence-electron chi connectivity index (χ0n) is 12.6. The Kier molecular flexibility index (Phi) is 4.81. The van der Waals surface area contributed by atoms with Gasteiger partial charge >= 0.3 is 0 Å². The van der Waals surface area contributed by atoms with Gasteiger partial charge in [-0.15, -0.1) is 0 Å². The quantitative estimate of drug-likeness (QED) is 0.886. The van der Waals surface area contributed by atoms with Gasteiger partial charge in [-0.2, -0.15) is 0 Å². The molecule has 1 aromatic rings. The molecule has 20 heavy (non-hydrogen) atoms. The van der Waals surface area contributed by atoms with E-state index in [1.54, 1.807) is 0 Å². The topological polar surface area (TPSA) is 55.1 Å². The lowest BCUT2D eigenvalue weighted by atomic mass is 9.76. The predicted octanol–water partition coefficient (Wildman–Crippen LogP) is 3.16. The van der Waals surface area contributed by atoms with Crippen LogP contribution < -0.4 is 11.1 Å². The van der Waals surface area contributed by atoms with Crippen LogP contribution in [0.15, 0.2) is 30.3 Å². The highest BCUT2D eigenvalue weighted by Gasteiger charge is 2.38. The van der Waals surface area contributed by atoms with Gasteiger partial charge in [0.15, 0.2) is 0 Å². The molecular formula is C17H26N2O. The molecule has 3 atom stereocenters. The number of nitrogens with one attached hydrogen (secondary N) is 1. The van der Waals surface area contributed by atoms with Crippen molar-refractivity contribution in [2.45, 2.75) is 57.5 Å². The van der Waals surface area contributed by atoms with Crippen molar-refractivity contribution in [1.82, 2.24) is 5.32 Å². The van der Waals surface area contributed by atoms with Crippen LogP contribution in [0.4, 0.5) is 0 Å². The molecule has 110 valence electrons. The zero-order valence-corrected chi connectivity index (χ0v) is 12.6. The summed E-state index contributed by atoms with van der Waals surface area (Å²) in [6.45, 7) is 4.27. The van der Waals surface area contributed by atoms with E-state index >= 15 is 0 Å². The third-order valence-electron chi connectivity index (χ3n) is 4.40. The molecule has 0 bridgehead atoms. The second-order valence-electron chi connectivity index (χ2n) is 6.20. The minimum Gasteiger partial charge on any atom is -0.348 e. The van der Waals surface area contributed by atoms with Crippen LogP contribution in [0.5, 0.6) is 0 Å². The first-order chi connectivity index (χ1) is 9.55. The lowest BCUT2D eigenvalue weighted by Gasteiger charge is -2.36. The first-order valence-electron chi connectivity index (χ1n) is 7.70. The average molecular weight is 274 g/mol. The Morgan fingerprint density at radius 1 is 1.45 bits per heavy atom. The molecule has 0 heterocycles. The first kappa shape index (κ1) is 15.0. The Morgan fingerprint density at radius 3 is 2.75 bits per heavy atom. The van der Waals surface area contributed by atoms with Crippen LogP contribution in [0, 0.1) is 5.92 Å². The van der Waals surface area contributed by atoms with Crippen LogP contribution in [0.25, 0.3) is 0 Å². The summed E-state index contributed by atoms with van der Waals surface area (Å²) in [6.07, 6.45) is 4.70. The van der Waals surface area contributed by atoms with Crippen molar-refractivity contribution in [3.05, 3.63) is 35.9 Å². The smallest absolute Gasteiger partial charge is 0.240 e. The van der Waals surface area contributed by atoms with Gasteiger partial charge < -0.3 is 11.1 Å². The summed E-state index contributed by atoms with van der Waals surface area (Å²) in [4.78, 5) is 12.6. The molecule has 1 saturated carbocycles. The van der Waals surface area contributed by atoms with Crippen molar-refractivity contribution < 1.29 is 4.79 Å². The molecule has 1 aromatic carbocycles. The number of rotatable bonds is 4. The molecule has 3 unspecified atom stereocenters. The Morgan fingerprint density at radius 2 is 2.15 bits per heavy atom. The first-order valence-corrected chi connectivity index (χ1v) is 7.70. The van der Waals surface area contributed by atoms with Gasteiger partial charge in [-0.05, 0) is 30.7 Å². The molecule has 1 fully saturated rings. The second kappa shape index (κ2) is 6.40. The average Bonchev–Trinajstić information content (AvgIpc) is 2.45. The Hall–Kier alpha value is -1.35. The molecule has 0 aliphatic heterocycles. The minimum atomic E-state index is -0.681. The van der Waals surface area contributed by atoms with E-state index in [1.165, 1.54) is 6.42 Å². The summed E-state index contributed by atoms with van der Waals surface area (Å²) in [7, 11) is 0. The molecule has 0 saturated heterocycles. The van der Waals surface area contributed by atoms with E-state index in [2.05, 4.69) is 31.3 Å². The van der Waals surface area contributed by atoms with Crippen LogP contribution in [0.2, 0.25) is 0 Å². The molecule has 0 aromatic heterocycles. The number of hydrogen-bond donors (Lipinski definition) is 2. The van der Waals surface area contributed by atoms with Gasteiger partial charge in [0, 0.05) is 0 Å². The molecular weight excluding hydrogens is 248 g/mol. The lowest BCUT2D eigenvalue weighted by molar-refractivity contribution is -0.128. The van der Waals surface area contributed by atoms with E-state index in [1.807, 2.05) is 18.2 Å². The fraction of sp³-hybridized carbons (Fsp3) is 0.588. The third-order valence-corrected chi connectivity index (χ3v) is 4.40. The summed E-state index contributed by atoms with van der Waals surface area (Å²) in [5.74, 6) is 0.552. The number of benzene rings is 1. The van der Waals surface area contributed by atoms with E-state index in [-0.39, 0.29) is 11.9 Å². The van der Waals surface area contributed by atoms with Crippen molar-refractivity contribution in [1.29, 1.82) is 0 Å². The van der Waals surface area contributed by atoms with Gasteiger partial charge in [0.2, 0.25) is 5.91 Å². The standard InChI is InChI=1S/C17H26N2O/c1-3-15(14-9-5-4-6-10-14)19-16(20)17(18)11-7-8-13(2)12-17/h4-6,9-10,13,15H,3,7-8,11-12,18H2,1-2H3,(H,19,20). The summed E-state index contributed by atoms with van der Waals surface area (Å²) in [6, 6.07) is 10.2. The molecule has 3 N–H and O–H groups in total. The number of nitrogens with two attached hydrogens (primary N) is 1. The Labute approximate surface area is 121 Å². The number of amides is 1. The summed E-state index contributed by atoms with van der Waals surface area (Å²) in [5.41, 5.74) is 6.83. The molecule has 2 rings (SSSR count). The fourth-order valence-electron chi connectivity index (χ4n) is 3.21. The van der Waals surface area contributed by atoms with Gasteiger partial charge in [-0.3, -0.25) is 4.79 Å². The normalized spacial score (nSPS) is 27.9. The maximum Gasteiger partial charge on any atom is 0.240 e. The highest BCUT2D eigenvalue weighted by Crippen LogP contribution is 2.31. The Bertz CT molecular complexity index is 446. The second-order valence-corrected chi connectivity index (χ2v) is 6.20. The number of carbonyl (C=O) groups is 1. The fourth-order valence-corrected chi connectivity index (χ4v) is 3.21. The van der Waals surface area contributed by atoms with Gasteiger partial charge in [-0.25, -0.2) is 0 Å². The van der Waals surface area contributed by atoms with Crippen LogP contribution in [0.1, 0.15) is 57.6 Å². The van der Waals surface area contributed by atoms with Gasteiger partial charge in [0.05, 0.1) is 11.6 Å². The SMILES string of the molecule is CCC(NC(=O)C1(N)CCCC(C)C1)c1ccccc1. The lowest BCUT2D eigenvalue weighted by Crippen LogP contribution is -2.56. The van der Waals surface area contributed by atoms with Gasteiger partial charge in [-0.1, -0.05) is 57.0 Å². The van der Waals surface area contributed by atoms with Crippen molar-refractivity contribution >= 4 is 5.91 Å². The predicted molar refractivity (Wildman–Crippen MR) is 82.2 cm³/mol. The summed E-state index contributed by atoms with van der Waals surface area (Å²) in [5, 5.41) is 3.15. The van der Waals surface area contributed by atoms with E-state index in [0.717, 1.165) is 31.2 Å². The van der Waals surface area contributed by atoms with Crippen LogP contribution in [-0.4, -0.2) is 11.4 Å². The molecule has 1 aliphatic carbocycles.